The van der Waals surface area contributed by atoms with Crippen LogP contribution in [-0.4, -0.2) is 18.1 Å². The summed E-state index contributed by atoms with van der Waals surface area (Å²) in [5.41, 5.74) is 7.85. The van der Waals surface area contributed by atoms with E-state index in [0.29, 0.717) is 6.04 Å². The molecule has 3 nitrogen and oxygen atoms in total. The summed E-state index contributed by atoms with van der Waals surface area (Å²) in [5.74, 6) is 0.888. The zero-order chi connectivity index (χ0) is 10.7. The molecule has 1 heterocycles. The summed E-state index contributed by atoms with van der Waals surface area (Å²) >= 11 is 0. The minimum atomic E-state index is 0.464. The average molecular weight is 193 g/mol. The zero-order valence-corrected chi connectivity index (χ0v) is 9.41. The molecule has 0 aliphatic rings. The van der Waals surface area contributed by atoms with Gasteiger partial charge in [-0.05, 0) is 31.9 Å². The van der Waals surface area contributed by atoms with E-state index >= 15 is 0 Å². The van der Waals surface area contributed by atoms with Gasteiger partial charge in [-0.3, -0.25) is 0 Å². The van der Waals surface area contributed by atoms with Crippen LogP contribution in [0.5, 0.6) is 0 Å². The van der Waals surface area contributed by atoms with E-state index in [1.54, 1.807) is 6.20 Å². The number of nitrogen functional groups attached to an aromatic ring is 1. The fourth-order valence-electron chi connectivity index (χ4n) is 1.32. The van der Waals surface area contributed by atoms with Crippen molar-refractivity contribution in [1.82, 2.24) is 4.98 Å². The third-order valence-electron chi connectivity index (χ3n) is 2.77. The van der Waals surface area contributed by atoms with Gasteiger partial charge < -0.3 is 10.6 Å². The lowest BCUT2D eigenvalue weighted by atomic mass is 10.2. The summed E-state index contributed by atoms with van der Waals surface area (Å²) in [7, 11) is 2.03. The molecule has 0 saturated heterocycles. The number of hydrogen-bond acceptors (Lipinski definition) is 3. The third kappa shape index (κ3) is 1.97. The van der Waals surface area contributed by atoms with E-state index in [1.165, 1.54) is 0 Å². The van der Waals surface area contributed by atoms with Gasteiger partial charge in [-0.15, -0.1) is 0 Å². The molecule has 0 fully saturated rings. The number of nitrogens with two attached hydrogens (primary N) is 1. The highest BCUT2D eigenvalue weighted by Gasteiger charge is 2.12. The second kappa shape index (κ2) is 4.31. The Kier molecular flexibility index (Phi) is 3.33. The predicted octanol–water partition coefficient (Wildman–Crippen LogP) is 2.21. The molecule has 1 aromatic rings. The summed E-state index contributed by atoms with van der Waals surface area (Å²) in [4.78, 5) is 6.44. The molecule has 0 amide bonds. The maximum Gasteiger partial charge on any atom is 0.152 e. The van der Waals surface area contributed by atoms with Crippen LogP contribution < -0.4 is 10.6 Å². The van der Waals surface area contributed by atoms with Crippen LogP contribution in [0.15, 0.2) is 12.3 Å². The summed E-state index contributed by atoms with van der Waals surface area (Å²) in [5, 5.41) is 0. The Morgan fingerprint density at radius 3 is 2.79 bits per heavy atom. The molecule has 0 aliphatic heterocycles. The molecule has 14 heavy (non-hydrogen) atoms. The minimum Gasteiger partial charge on any atom is -0.396 e. The van der Waals surface area contributed by atoms with E-state index < -0.39 is 0 Å². The number of nitrogens with zero attached hydrogens (tertiary/aromatic N) is 2. The molecule has 1 atom stereocenters. The molecule has 0 aromatic carbocycles. The first-order valence-corrected chi connectivity index (χ1v) is 5.01. The topological polar surface area (TPSA) is 42.2 Å². The number of hydrogen-bond donors (Lipinski definition) is 1. The Labute approximate surface area is 85.9 Å². The molecule has 78 valence electrons. The van der Waals surface area contributed by atoms with E-state index in [2.05, 4.69) is 23.7 Å². The van der Waals surface area contributed by atoms with Crippen LogP contribution in [0.3, 0.4) is 0 Å². The molecule has 0 radical (unpaired) electrons. The Morgan fingerprint density at radius 1 is 1.57 bits per heavy atom. The van der Waals surface area contributed by atoms with Crippen molar-refractivity contribution in [1.29, 1.82) is 0 Å². The first kappa shape index (κ1) is 10.8. The molecule has 1 rings (SSSR count). The Bertz CT molecular complexity index is 309. The maximum atomic E-state index is 5.97. The lowest BCUT2D eigenvalue weighted by molar-refractivity contribution is 0.657. The summed E-state index contributed by atoms with van der Waals surface area (Å²) < 4.78 is 0. The first-order valence-electron chi connectivity index (χ1n) is 5.01. The third-order valence-corrected chi connectivity index (χ3v) is 2.77. The van der Waals surface area contributed by atoms with Crippen LogP contribution in [0.25, 0.3) is 0 Å². The fourth-order valence-corrected chi connectivity index (χ4v) is 1.32. The van der Waals surface area contributed by atoms with Gasteiger partial charge in [0.15, 0.2) is 5.82 Å². The van der Waals surface area contributed by atoms with Crippen molar-refractivity contribution < 1.29 is 0 Å². The smallest absolute Gasteiger partial charge is 0.152 e. The van der Waals surface area contributed by atoms with Gasteiger partial charge in [0.2, 0.25) is 0 Å². The van der Waals surface area contributed by atoms with Crippen LogP contribution in [0.2, 0.25) is 0 Å². The predicted molar refractivity (Wildman–Crippen MR) is 61.5 cm³/mol. The number of aryl methyl sites for hydroxylation is 1. The van der Waals surface area contributed by atoms with Gasteiger partial charge in [-0.25, -0.2) is 4.98 Å². The number of aromatic nitrogens is 1. The van der Waals surface area contributed by atoms with Crippen LogP contribution in [0.1, 0.15) is 25.8 Å². The van der Waals surface area contributed by atoms with Gasteiger partial charge in [0.25, 0.3) is 0 Å². The molecule has 1 aromatic heterocycles. The Morgan fingerprint density at radius 2 is 2.21 bits per heavy atom. The highest BCUT2D eigenvalue weighted by atomic mass is 15.2. The summed E-state index contributed by atoms with van der Waals surface area (Å²) in [6, 6.07) is 2.40. The highest BCUT2D eigenvalue weighted by molar-refractivity contribution is 5.66. The monoisotopic (exact) mass is 193 g/mol. The Balaban J connectivity index is 3.01. The van der Waals surface area contributed by atoms with Crippen molar-refractivity contribution in [3.05, 3.63) is 17.8 Å². The van der Waals surface area contributed by atoms with Crippen molar-refractivity contribution in [2.24, 2.45) is 0 Å². The normalized spacial score (nSPS) is 12.6. The van der Waals surface area contributed by atoms with Gasteiger partial charge in [0, 0.05) is 19.3 Å². The quantitative estimate of drug-likeness (QED) is 0.800. The number of anilines is 2. The molecule has 2 N–H and O–H groups in total. The first-order chi connectivity index (χ1) is 6.57. The zero-order valence-electron chi connectivity index (χ0n) is 9.41. The standard InChI is InChI=1S/C11H19N3/c1-5-9(3)14(4)11-10(12)8(2)6-7-13-11/h6-7,9H,5,12H2,1-4H3. The van der Waals surface area contributed by atoms with E-state index in [4.69, 9.17) is 5.73 Å². The average Bonchev–Trinajstić information content (AvgIpc) is 2.20. The lowest BCUT2D eigenvalue weighted by Gasteiger charge is -2.26. The van der Waals surface area contributed by atoms with Crippen LogP contribution >= 0.6 is 0 Å². The van der Waals surface area contributed by atoms with Crippen molar-refractivity contribution in [2.75, 3.05) is 17.7 Å². The fraction of sp³-hybridized carbons (Fsp3) is 0.545. The van der Waals surface area contributed by atoms with Crippen LogP contribution in [0, 0.1) is 6.92 Å². The molecule has 0 saturated carbocycles. The van der Waals surface area contributed by atoms with E-state index in [9.17, 15) is 0 Å². The molecule has 0 spiro atoms. The van der Waals surface area contributed by atoms with Gasteiger partial charge in [-0.1, -0.05) is 6.92 Å². The van der Waals surface area contributed by atoms with E-state index in [0.717, 1.165) is 23.5 Å². The molecule has 0 bridgehead atoms. The van der Waals surface area contributed by atoms with Crippen LogP contribution in [-0.2, 0) is 0 Å². The highest BCUT2D eigenvalue weighted by Crippen LogP contribution is 2.24. The number of rotatable bonds is 3. The SMILES string of the molecule is CCC(C)N(C)c1nccc(C)c1N. The van der Waals surface area contributed by atoms with E-state index in [1.807, 2.05) is 20.0 Å². The largest absolute Gasteiger partial charge is 0.396 e. The molecule has 0 aliphatic carbocycles. The number of pyridine rings is 1. The van der Waals surface area contributed by atoms with E-state index in [-0.39, 0.29) is 0 Å². The van der Waals surface area contributed by atoms with Gasteiger partial charge in [0.05, 0.1) is 5.69 Å². The summed E-state index contributed by atoms with van der Waals surface area (Å²) in [6.07, 6.45) is 2.89. The molecule has 1 unspecified atom stereocenters. The molecular weight excluding hydrogens is 174 g/mol. The van der Waals surface area contributed by atoms with Crippen molar-refractivity contribution >= 4 is 11.5 Å². The second-order valence-electron chi connectivity index (χ2n) is 3.73. The maximum absolute atomic E-state index is 5.97. The second-order valence-corrected chi connectivity index (χ2v) is 3.73. The van der Waals surface area contributed by atoms with Gasteiger partial charge in [-0.2, -0.15) is 0 Å². The minimum absolute atomic E-state index is 0.464. The summed E-state index contributed by atoms with van der Waals surface area (Å²) in [6.45, 7) is 6.33. The molecular formula is C11H19N3. The van der Waals surface area contributed by atoms with Gasteiger partial charge >= 0.3 is 0 Å². The van der Waals surface area contributed by atoms with Gasteiger partial charge in [0.1, 0.15) is 0 Å². The van der Waals surface area contributed by atoms with Crippen LogP contribution in [0.4, 0.5) is 11.5 Å². The molecule has 3 heteroatoms. The Hall–Kier alpha value is -1.25. The van der Waals surface area contributed by atoms with Crippen molar-refractivity contribution in [3.63, 3.8) is 0 Å². The van der Waals surface area contributed by atoms with Crippen molar-refractivity contribution in [3.8, 4) is 0 Å². The lowest BCUT2D eigenvalue weighted by Crippen LogP contribution is -2.29. The van der Waals surface area contributed by atoms with Crippen molar-refractivity contribution in [2.45, 2.75) is 33.2 Å².